The quantitative estimate of drug-likeness (QED) is 0.809. The number of imidazole rings is 1. The second kappa shape index (κ2) is 5.76. The van der Waals surface area contributed by atoms with Gasteiger partial charge in [-0.05, 0) is 6.92 Å². The van der Waals surface area contributed by atoms with E-state index in [2.05, 4.69) is 15.0 Å². The lowest BCUT2D eigenvalue weighted by molar-refractivity contribution is 0.0248. The Kier molecular flexibility index (Phi) is 4.62. The zero-order chi connectivity index (χ0) is 11.5. The van der Waals surface area contributed by atoms with Gasteiger partial charge in [0.25, 0.3) is 0 Å². The second-order valence-corrected chi connectivity index (χ2v) is 3.49. The van der Waals surface area contributed by atoms with Crippen LogP contribution in [0, 0.1) is 0 Å². The first kappa shape index (κ1) is 13.6. The molecule has 0 radical (unpaired) electrons. The Morgan fingerprint density at radius 1 is 1.41 bits per heavy atom. The molecule has 0 bridgehead atoms. The van der Waals surface area contributed by atoms with Gasteiger partial charge in [0, 0.05) is 6.54 Å². The standard InChI is InChI=1S/C9H14N6O.ClH/c1-6(2-10)16-5-15-4-14-7-8(11)12-3-13-9(7)15;/h3-4,6H,2,5,10H2,1H3,(H2,11,12,13);1H. The number of ether oxygens (including phenoxy) is 1. The molecule has 17 heavy (non-hydrogen) atoms. The van der Waals surface area contributed by atoms with Crippen LogP contribution in [0.1, 0.15) is 6.92 Å². The van der Waals surface area contributed by atoms with Crippen molar-refractivity contribution in [3.05, 3.63) is 12.7 Å². The Labute approximate surface area is 105 Å². The molecular formula is C9H15ClN6O. The van der Waals surface area contributed by atoms with Crippen molar-refractivity contribution in [1.82, 2.24) is 19.5 Å². The predicted molar refractivity (Wildman–Crippen MR) is 66.6 cm³/mol. The van der Waals surface area contributed by atoms with Crippen molar-refractivity contribution in [1.29, 1.82) is 0 Å². The minimum atomic E-state index is -0.00312. The van der Waals surface area contributed by atoms with Crippen molar-refractivity contribution in [2.75, 3.05) is 12.3 Å². The number of nitrogens with two attached hydrogens (primary N) is 2. The molecule has 7 nitrogen and oxygen atoms in total. The van der Waals surface area contributed by atoms with E-state index in [1.165, 1.54) is 6.33 Å². The number of anilines is 1. The van der Waals surface area contributed by atoms with Gasteiger partial charge < -0.3 is 16.2 Å². The van der Waals surface area contributed by atoms with Gasteiger partial charge in [0.15, 0.2) is 11.5 Å². The summed E-state index contributed by atoms with van der Waals surface area (Å²) in [6.07, 6.45) is 3.03. The van der Waals surface area contributed by atoms with E-state index in [4.69, 9.17) is 16.2 Å². The molecule has 0 saturated carbocycles. The zero-order valence-corrected chi connectivity index (χ0v) is 10.2. The number of aromatic nitrogens is 4. The van der Waals surface area contributed by atoms with E-state index < -0.39 is 0 Å². The lowest BCUT2D eigenvalue weighted by atomic mass is 10.4. The van der Waals surface area contributed by atoms with Crippen LogP contribution < -0.4 is 11.5 Å². The van der Waals surface area contributed by atoms with Gasteiger partial charge in [0.05, 0.1) is 12.4 Å². The van der Waals surface area contributed by atoms with E-state index in [-0.39, 0.29) is 18.5 Å². The highest BCUT2D eigenvalue weighted by Crippen LogP contribution is 2.14. The van der Waals surface area contributed by atoms with Crippen LogP contribution in [0.4, 0.5) is 5.82 Å². The van der Waals surface area contributed by atoms with Gasteiger partial charge in [-0.3, -0.25) is 4.57 Å². The minimum absolute atomic E-state index is 0. The fourth-order valence-electron chi connectivity index (χ4n) is 1.27. The third kappa shape index (κ3) is 2.82. The first-order chi connectivity index (χ1) is 7.72. The number of rotatable bonds is 4. The van der Waals surface area contributed by atoms with Crippen molar-refractivity contribution in [2.45, 2.75) is 19.8 Å². The molecule has 0 spiro atoms. The van der Waals surface area contributed by atoms with E-state index in [1.807, 2.05) is 6.92 Å². The van der Waals surface area contributed by atoms with Crippen molar-refractivity contribution in [3.8, 4) is 0 Å². The summed E-state index contributed by atoms with van der Waals surface area (Å²) < 4.78 is 7.24. The van der Waals surface area contributed by atoms with E-state index >= 15 is 0 Å². The first-order valence-corrected chi connectivity index (χ1v) is 4.95. The summed E-state index contributed by atoms with van der Waals surface area (Å²) in [5.74, 6) is 0.371. The van der Waals surface area contributed by atoms with Crippen LogP contribution in [0.5, 0.6) is 0 Å². The summed E-state index contributed by atoms with van der Waals surface area (Å²) >= 11 is 0. The van der Waals surface area contributed by atoms with Gasteiger partial charge in [0.2, 0.25) is 0 Å². The number of halogens is 1. The van der Waals surface area contributed by atoms with Crippen molar-refractivity contribution in [3.63, 3.8) is 0 Å². The summed E-state index contributed by atoms with van der Waals surface area (Å²) in [6, 6.07) is 0. The van der Waals surface area contributed by atoms with Crippen LogP contribution in [0.2, 0.25) is 0 Å². The average molecular weight is 259 g/mol. The number of hydrogen-bond donors (Lipinski definition) is 2. The molecule has 2 rings (SSSR count). The maximum absolute atomic E-state index is 5.66. The van der Waals surface area contributed by atoms with Gasteiger partial charge in [-0.25, -0.2) is 15.0 Å². The third-order valence-corrected chi connectivity index (χ3v) is 2.26. The van der Waals surface area contributed by atoms with E-state index in [0.29, 0.717) is 30.3 Å². The van der Waals surface area contributed by atoms with Gasteiger partial charge in [-0.1, -0.05) is 0 Å². The molecule has 0 fully saturated rings. The summed E-state index contributed by atoms with van der Waals surface area (Å²) in [6.45, 7) is 2.73. The maximum Gasteiger partial charge on any atom is 0.167 e. The van der Waals surface area contributed by atoms with E-state index in [9.17, 15) is 0 Å². The fraction of sp³-hybridized carbons (Fsp3) is 0.444. The smallest absolute Gasteiger partial charge is 0.167 e. The molecule has 2 aromatic heterocycles. The highest BCUT2D eigenvalue weighted by Gasteiger charge is 2.08. The lowest BCUT2D eigenvalue weighted by Crippen LogP contribution is -2.21. The normalized spacial score (nSPS) is 12.4. The lowest BCUT2D eigenvalue weighted by Gasteiger charge is -2.10. The molecule has 0 aliphatic rings. The van der Waals surface area contributed by atoms with Gasteiger partial charge in [0.1, 0.15) is 18.6 Å². The molecular weight excluding hydrogens is 244 g/mol. The molecule has 0 amide bonds. The number of nitrogen functional groups attached to an aromatic ring is 1. The fourth-order valence-corrected chi connectivity index (χ4v) is 1.27. The average Bonchev–Trinajstić information content (AvgIpc) is 2.70. The SMILES string of the molecule is CC(CN)OCn1cnc2c(N)ncnc21.Cl. The topological polar surface area (TPSA) is 105 Å². The van der Waals surface area contributed by atoms with Gasteiger partial charge in [-0.2, -0.15) is 0 Å². The molecule has 0 aromatic carbocycles. The molecule has 0 saturated heterocycles. The highest BCUT2D eigenvalue weighted by atomic mass is 35.5. The Hall–Kier alpha value is -1.44. The summed E-state index contributed by atoms with van der Waals surface area (Å²) in [7, 11) is 0. The van der Waals surface area contributed by atoms with Crippen LogP contribution in [0.15, 0.2) is 12.7 Å². The Morgan fingerprint density at radius 2 is 2.18 bits per heavy atom. The van der Waals surface area contributed by atoms with E-state index in [1.54, 1.807) is 10.9 Å². The molecule has 1 unspecified atom stereocenters. The number of hydrogen-bond acceptors (Lipinski definition) is 6. The molecule has 4 N–H and O–H groups in total. The van der Waals surface area contributed by atoms with Crippen LogP contribution in [-0.2, 0) is 11.5 Å². The van der Waals surface area contributed by atoms with Crippen molar-refractivity contribution < 1.29 is 4.74 Å². The summed E-state index contributed by atoms with van der Waals surface area (Å²) in [4.78, 5) is 12.1. The van der Waals surface area contributed by atoms with Crippen molar-refractivity contribution >= 4 is 29.4 Å². The van der Waals surface area contributed by atoms with Crippen LogP contribution >= 0.6 is 12.4 Å². The Balaban J connectivity index is 0.00000144. The molecule has 0 aliphatic heterocycles. The summed E-state index contributed by atoms with van der Waals surface area (Å²) in [5.41, 5.74) is 12.4. The molecule has 94 valence electrons. The van der Waals surface area contributed by atoms with Crippen LogP contribution in [0.3, 0.4) is 0 Å². The molecule has 2 aromatic rings. The van der Waals surface area contributed by atoms with E-state index in [0.717, 1.165) is 0 Å². The number of fused-ring (bicyclic) bond motifs is 1. The summed E-state index contributed by atoms with van der Waals surface area (Å²) in [5, 5.41) is 0. The molecule has 1 atom stereocenters. The molecule has 0 aliphatic carbocycles. The first-order valence-electron chi connectivity index (χ1n) is 4.95. The molecule has 2 heterocycles. The predicted octanol–water partition coefficient (Wildman–Crippen LogP) is 0.152. The Bertz CT molecular complexity index is 487. The van der Waals surface area contributed by atoms with Crippen molar-refractivity contribution in [2.24, 2.45) is 5.73 Å². The highest BCUT2D eigenvalue weighted by molar-refractivity contribution is 5.85. The Morgan fingerprint density at radius 3 is 2.88 bits per heavy atom. The maximum atomic E-state index is 5.66. The second-order valence-electron chi connectivity index (χ2n) is 3.49. The van der Waals surface area contributed by atoms with Gasteiger partial charge in [-0.15, -0.1) is 12.4 Å². The van der Waals surface area contributed by atoms with Crippen LogP contribution in [-0.4, -0.2) is 32.2 Å². The van der Waals surface area contributed by atoms with Gasteiger partial charge >= 0.3 is 0 Å². The number of nitrogens with zero attached hydrogens (tertiary/aromatic N) is 4. The zero-order valence-electron chi connectivity index (χ0n) is 9.41. The molecule has 8 heteroatoms. The monoisotopic (exact) mass is 258 g/mol. The minimum Gasteiger partial charge on any atom is -0.382 e. The third-order valence-electron chi connectivity index (χ3n) is 2.26. The van der Waals surface area contributed by atoms with Crippen LogP contribution in [0.25, 0.3) is 11.2 Å². The largest absolute Gasteiger partial charge is 0.382 e.